The predicted molar refractivity (Wildman–Crippen MR) is 60.6 cm³/mol. The summed E-state index contributed by atoms with van der Waals surface area (Å²) in [6, 6.07) is 0. The molecule has 0 bridgehead atoms. The number of halogens is 3. The minimum Gasteiger partial charge on any atom is -0.481 e. The highest BCUT2D eigenvalue weighted by molar-refractivity contribution is 5.89. The van der Waals surface area contributed by atoms with Crippen molar-refractivity contribution in [3.05, 3.63) is 0 Å². The van der Waals surface area contributed by atoms with Crippen LogP contribution in [0, 0.1) is 11.8 Å². The van der Waals surface area contributed by atoms with Gasteiger partial charge in [-0.15, -0.1) is 0 Å². The SMILES string of the molecule is CC(CNC(=O)C1CC(=O)N(CC(F)(F)F)C1)C(=O)O. The molecule has 0 aliphatic carbocycles. The van der Waals surface area contributed by atoms with Crippen molar-refractivity contribution in [3.8, 4) is 0 Å². The molecule has 114 valence electrons. The molecule has 1 rings (SSSR count). The molecule has 2 amide bonds. The van der Waals surface area contributed by atoms with E-state index in [1.54, 1.807) is 0 Å². The first-order valence-electron chi connectivity index (χ1n) is 5.95. The fourth-order valence-corrected chi connectivity index (χ4v) is 1.80. The van der Waals surface area contributed by atoms with Crippen LogP contribution in [0.2, 0.25) is 0 Å². The van der Waals surface area contributed by atoms with Gasteiger partial charge in [0.1, 0.15) is 6.54 Å². The zero-order chi connectivity index (χ0) is 15.5. The van der Waals surface area contributed by atoms with Crippen molar-refractivity contribution < 1.29 is 32.7 Å². The molecule has 2 unspecified atom stereocenters. The van der Waals surface area contributed by atoms with Crippen molar-refractivity contribution in [1.82, 2.24) is 10.2 Å². The maximum Gasteiger partial charge on any atom is 0.406 e. The average Bonchev–Trinajstić information content (AvgIpc) is 2.65. The van der Waals surface area contributed by atoms with Gasteiger partial charge >= 0.3 is 12.1 Å². The number of rotatable bonds is 5. The molecule has 2 atom stereocenters. The van der Waals surface area contributed by atoms with Crippen molar-refractivity contribution in [1.29, 1.82) is 0 Å². The van der Waals surface area contributed by atoms with E-state index in [4.69, 9.17) is 5.11 Å². The normalized spacial score (nSPS) is 20.9. The summed E-state index contributed by atoms with van der Waals surface area (Å²) in [5.41, 5.74) is 0. The topological polar surface area (TPSA) is 86.7 Å². The highest BCUT2D eigenvalue weighted by atomic mass is 19.4. The van der Waals surface area contributed by atoms with E-state index in [2.05, 4.69) is 5.32 Å². The molecule has 0 aromatic rings. The fraction of sp³-hybridized carbons (Fsp3) is 0.727. The lowest BCUT2D eigenvalue weighted by molar-refractivity contribution is -0.157. The quantitative estimate of drug-likeness (QED) is 0.760. The van der Waals surface area contributed by atoms with Gasteiger partial charge in [-0.2, -0.15) is 13.2 Å². The maximum absolute atomic E-state index is 12.2. The number of nitrogens with zero attached hydrogens (tertiary/aromatic N) is 1. The Labute approximate surface area is 112 Å². The van der Waals surface area contributed by atoms with E-state index in [-0.39, 0.29) is 19.5 Å². The van der Waals surface area contributed by atoms with Crippen LogP contribution < -0.4 is 5.32 Å². The number of carbonyl (C=O) groups is 3. The minimum atomic E-state index is -4.50. The first-order chi connectivity index (χ1) is 9.10. The van der Waals surface area contributed by atoms with E-state index in [0.29, 0.717) is 4.90 Å². The molecule has 1 aliphatic heterocycles. The van der Waals surface area contributed by atoms with E-state index in [1.165, 1.54) is 6.92 Å². The van der Waals surface area contributed by atoms with Crippen molar-refractivity contribution in [2.45, 2.75) is 19.5 Å². The van der Waals surface area contributed by atoms with Crippen LogP contribution in [0.1, 0.15) is 13.3 Å². The van der Waals surface area contributed by atoms with Crippen LogP contribution in [0.5, 0.6) is 0 Å². The van der Waals surface area contributed by atoms with E-state index < -0.39 is 42.3 Å². The number of aliphatic carboxylic acids is 1. The third kappa shape index (κ3) is 4.71. The predicted octanol–water partition coefficient (Wildman–Crippen LogP) is 0.234. The maximum atomic E-state index is 12.2. The molecule has 1 heterocycles. The summed E-state index contributed by atoms with van der Waals surface area (Å²) in [5.74, 6) is -4.09. The lowest BCUT2D eigenvalue weighted by Crippen LogP contribution is -2.38. The van der Waals surface area contributed by atoms with E-state index in [0.717, 1.165) is 0 Å². The van der Waals surface area contributed by atoms with Crippen LogP contribution in [0.15, 0.2) is 0 Å². The number of nitrogens with one attached hydrogen (secondary N) is 1. The van der Waals surface area contributed by atoms with Gasteiger partial charge in [-0.3, -0.25) is 14.4 Å². The number of carboxylic acids is 1. The summed E-state index contributed by atoms with van der Waals surface area (Å²) < 4.78 is 36.6. The number of hydrogen-bond acceptors (Lipinski definition) is 3. The Bertz CT molecular complexity index is 411. The number of likely N-dealkylation sites (tertiary alicyclic amines) is 1. The van der Waals surface area contributed by atoms with Gasteiger partial charge in [0.05, 0.1) is 11.8 Å². The van der Waals surface area contributed by atoms with Gasteiger partial charge < -0.3 is 15.3 Å². The van der Waals surface area contributed by atoms with Crippen LogP contribution in [0.3, 0.4) is 0 Å². The molecule has 1 saturated heterocycles. The first kappa shape index (κ1) is 16.3. The third-order valence-electron chi connectivity index (χ3n) is 2.96. The van der Waals surface area contributed by atoms with Crippen LogP contribution in [-0.2, 0) is 14.4 Å². The monoisotopic (exact) mass is 296 g/mol. The zero-order valence-corrected chi connectivity index (χ0v) is 10.7. The van der Waals surface area contributed by atoms with Crippen LogP contribution in [0.25, 0.3) is 0 Å². The Morgan fingerprint density at radius 2 is 2.10 bits per heavy atom. The van der Waals surface area contributed by atoms with Crippen LogP contribution in [0.4, 0.5) is 13.2 Å². The molecular weight excluding hydrogens is 281 g/mol. The Morgan fingerprint density at radius 1 is 1.50 bits per heavy atom. The number of carbonyl (C=O) groups excluding carboxylic acids is 2. The van der Waals surface area contributed by atoms with Crippen LogP contribution in [-0.4, -0.2) is 53.6 Å². The van der Waals surface area contributed by atoms with E-state index in [1.807, 2.05) is 0 Å². The van der Waals surface area contributed by atoms with Crippen molar-refractivity contribution >= 4 is 17.8 Å². The first-order valence-corrected chi connectivity index (χ1v) is 5.95. The second-order valence-corrected chi connectivity index (χ2v) is 4.77. The Hall–Kier alpha value is -1.80. The third-order valence-corrected chi connectivity index (χ3v) is 2.96. The van der Waals surface area contributed by atoms with E-state index in [9.17, 15) is 27.6 Å². The minimum absolute atomic E-state index is 0.127. The molecule has 6 nitrogen and oxygen atoms in total. The number of alkyl halides is 3. The molecule has 1 fully saturated rings. The molecule has 0 saturated carbocycles. The summed E-state index contributed by atoms with van der Waals surface area (Å²) in [6.45, 7) is -0.413. The molecule has 2 N–H and O–H groups in total. The lowest BCUT2D eigenvalue weighted by atomic mass is 10.1. The van der Waals surface area contributed by atoms with Gasteiger partial charge in [-0.1, -0.05) is 6.92 Å². The number of hydrogen-bond donors (Lipinski definition) is 2. The number of amides is 2. The molecule has 0 aromatic carbocycles. The summed E-state index contributed by atoms with van der Waals surface area (Å²) in [4.78, 5) is 34.2. The standard InChI is InChI=1S/C11H15F3N2O4/c1-6(10(19)20)3-15-9(18)7-2-8(17)16(4-7)5-11(12,13)14/h6-7H,2-5H2,1H3,(H,15,18)(H,19,20). The van der Waals surface area contributed by atoms with Gasteiger partial charge in [0.25, 0.3) is 0 Å². The molecule has 20 heavy (non-hydrogen) atoms. The Morgan fingerprint density at radius 3 is 2.60 bits per heavy atom. The van der Waals surface area contributed by atoms with Crippen molar-refractivity contribution in [2.24, 2.45) is 11.8 Å². The Balaban J connectivity index is 2.48. The van der Waals surface area contributed by atoms with Gasteiger partial charge in [0, 0.05) is 19.5 Å². The molecule has 9 heteroatoms. The molecular formula is C11H15F3N2O4. The van der Waals surface area contributed by atoms with E-state index >= 15 is 0 Å². The van der Waals surface area contributed by atoms with Gasteiger partial charge in [-0.25, -0.2) is 0 Å². The molecule has 0 radical (unpaired) electrons. The second kappa shape index (κ2) is 6.10. The summed E-state index contributed by atoms with van der Waals surface area (Å²) in [6.07, 6.45) is -4.79. The van der Waals surface area contributed by atoms with Gasteiger partial charge in [-0.05, 0) is 0 Å². The summed E-state index contributed by atoms with van der Waals surface area (Å²) >= 11 is 0. The zero-order valence-electron chi connectivity index (χ0n) is 10.7. The number of carboxylic acid groups (broad SMARTS) is 1. The summed E-state index contributed by atoms with van der Waals surface area (Å²) in [5, 5.41) is 11.0. The van der Waals surface area contributed by atoms with Crippen molar-refractivity contribution in [2.75, 3.05) is 19.6 Å². The molecule has 1 aliphatic rings. The summed E-state index contributed by atoms with van der Waals surface area (Å²) in [7, 11) is 0. The lowest BCUT2D eigenvalue weighted by Gasteiger charge is -2.18. The smallest absolute Gasteiger partial charge is 0.406 e. The highest BCUT2D eigenvalue weighted by Gasteiger charge is 2.40. The molecule has 0 spiro atoms. The average molecular weight is 296 g/mol. The largest absolute Gasteiger partial charge is 0.481 e. The second-order valence-electron chi connectivity index (χ2n) is 4.77. The van der Waals surface area contributed by atoms with Crippen LogP contribution >= 0.6 is 0 Å². The van der Waals surface area contributed by atoms with Gasteiger partial charge in [0.2, 0.25) is 11.8 Å². The van der Waals surface area contributed by atoms with Crippen molar-refractivity contribution in [3.63, 3.8) is 0 Å². The van der Waals surface area contributed by atoms with Gasteiger partial charge in [0.15, 0.2) is 0 Å². The Kier molecular flexibility index (Phi) is 4.96. The fourth-order valence-electron chi connectivity index (χ4n) is 1.80. The highest BCUT2D eigenvalue weighted by Crippen LogP contribution is 2.23. The molecule has 0 aromatic heterocycles.